The van der Waals surface area contributed by atoms with Crippen molar-refractivity contribution in [3.05, 3.63) is 66.0 Å². The predicted octanol–water partition coefficient (Wildman–Crippen LogP) is 2.80. The van der Waals surface area contributed by atoms with E-state index < -0.39 is 15.7 Å². The van der Waals surface area contributed by atoms with E-state index in [0.717, 1.165) is 6.07 Å². The third-order valence-electron chi connectivity index (χ3n) is 2.35. The monoisotopic (exact) mass is 250 g/mol. The van der Waals surface area contributed by atoms with Crippen molar-refractivity contribution in [2.45, 2.75) is 10.6 Å². The summed E-state index contributed by atoms with van der Waals surface area (Å²) in [6.07, 6.45) is 0. The van der Waals surface area contributed by atoms with Crippen molar-refractivity contribution in [3.8, 4) is 0 Å². The van der Waals surface area contributed by atoms with Gasteiger partial charge in [0.2, 0.25) is 0 Å². The van der Waals surface area contributed by atoms with Crippen LogP contribution in [-0.4, -0.2) is 8.42 Å². The average Bonchev–Trinajstić information content (AvgIpc) is 2.30. The molecule has 0 radical (unpaired) electrons. The molecule has 0 aliphatic heterocycles. The first-order valence-electron chi connectivity index (χ1n) is 5.10. The summed E-state index contributed by atoms with van der Waals surface area (Å²) in [5.41, 5.74) is 0.691. The summed E-state index contributed by atoms with van der Waals surface area (Å²) in [6.45, 7) is 0. The van der Waals surface area contributed by atoms with E-state index in [0.29, 0.717) is 5.56 Å². The topological polar surface area (TPSA) is 34.1 Å². The van der Waals surface area contributed by atoms with Gasteiger partial charge in [0.05, 0.1) is 10.6 Å². The second kappa shape index (κ2) is 4.67. The first kappa shape index (κ1) is 11.8. The average molecular weight is 250 g/mol. The highest BCUT2D eigenvalue weighted by Gasteiger charge is 2.15. The number of benzene rings is 2. The number of rotatable bonds is 3. The number of hydrogen-bond acceptors (Lipinski definition) is 2. The van der Waals surface area contributed by atoms with Crippen molar-refractivity contribution in [1.82, 2.24) is 0 Å². The van der Waals surface area contributed by atoms with E-state index in [9.17, 15) is 12.8 Å². The van der Waals surface area contributed by atoms with Gasteiger partial charge in [-0.25, -0.2) is 12.8 Å². The molecule has 0 saturated carbocycles. The van der Waals surface area contributed by atoms with Crippen LogP contribution >= 0.6 is 0 Å². The molecule has 0 amide bonds. The molecule has 0 spiro atoms. The SMILES string of the molecule is O=S(=O)(Cc1ccccc1)c1cccc(F)c1. The molecular weight excluding hydrogens is 239 g/mol. The largest absolute Gasteiger partial charge is 0.223 e. The van der Waals surface area contributed by atoms with Gasteiger partial charge >= 0.3 is 0 Å². The summed E-state index contributed by atoms with van der Waals surface area (Å²) in [7, 11) is -3.48. The third kappa shape index (κ3) is 2.91. The van der Waals surface area contributed by atoms with Gasteiger partial charge < -0.3 is 0 Å². The van der Waals surface area contributed by atoms with E-state index in [1.165, 1.54) is 18.2 Å². The number of sulfone groups is 1. The Hall–Kier alpha value is -1.68. The van der Waals surface area contributed by atoms with E-state index in [4.69, 9.17) is 0 Å². The smallest absolute Gasteiger partial charge is 0.182 e. The molecular formula is C13H11FO2S. The predicted molar refractivity (Wildman–Crippen MR) is 63.7 cm³/mol. The lowest BCUT2D eigenvalue weighted by Crippen LogP contribution is -2.05. The second-order valence-corrected chi connectivity index (χ2v) is 5.69. The molecule has 0 aliphatic carbocycles. The standard InChI is InChI=1S/C13H11FO2S/c14-12-7-4-8-13(9-12)17(15,16)10-11-5-2-1-3-6-11/h1-9H,10H2. The zero-order chi connectivity index (χ0) is 12.3. The lowest BCUT2D eigenvalue weighted by molar-refractivity contribution is 0.590. The molecule has 88 valence electrons. The van der Waals surface area contributed by atoms with Crippen molar-refractivity contribution in [1.29, 1.82) is 0 Å². The van der Waals surface area contributed by atoms with Crippen LogP contribution in [0.3, 0.4) is 0 Å². The van der Waals surface area contributed by atoms with Gasteiger partial charge in [-0.05, 0) is 23.8 Å². The third-order valence-corrected chi connectivity index (χ3v) is 4.04. The van der Waals surface area contributed by atoms with E-state index in [2.05, 4.69) is 0 Å². The van der Waals surface area contributed by atoms with Crippen molar-refractivity contribution in [2.75, 3.05) is 0 Å². The lowest BCUT2D eigenvalue weighted by atomic mass is 10.2. The van der Waals surface area contributed by atoms with Crippen LogP contribution in [0.2, 0.25) is 0 Å². The van der Waals surface area contributed by atoms with Gasteiger partial charge in [0.1, 0.15) is 5.82 Å². The molecule has 0 heterocycles. The van der Waals surface area contributed by atoms with E-state index in [-0.39, 0.29) is 10.6 Å². The zero-order valence-corrected chi connectivity index (χ0v) is 9.82. The molecule has 2 rings (SSSR count). The molecule has 0 bridgehead atoms. The minimum Gasteiger partial charge on any atom is -0.223 e. The first-order valence-corrected chi connectivity index (χ1v) is 6.75. The Labute approximate surface area is 99.6 Å². The Morgan fingerprint density at radius 2 is 1.65 bits per heavy atom. The fourth-order valence-electron chi connectivity index (χ4n) is 1.54. The van der Waals surface area contributed by atoms with E-state index in [1.807, 2.05) is 6.07 Å². The van der Waals surface area contributed by atoms with Gasteiger partial charge in [0, 0.05) is 0 Å². The van der Waals surface area contributed by atoms with Crippen LogP contribution in [0.15, 0.2) is 59.5 Å². The van der Waals surface area contributed by atoms with Gasteiger partial charge in [0.15, 0.2) is 9.84 Å². The fourth-order valence-corrected chi connectivity index (χ4v) is 2.91. The molecule has 0 aromatic heterocycles. The van der Waals surface area contributed by atoms with Crippen molar-refractivity contribution < 1.29 is 12.8 Å². The maximum atomic E-state index is 13.0. The van der Waals surface area contributed by atoms with Crippen molar-refractivity contribution in [3.63, 3.8) is 0 Å². The molecule has 0 N–H and O–H groups in total. The molecule has 0 unspecified atom stereocenters. The van der Waals surface area contributed by atoms with Gasteiger partial charge in [0.25, 0.3) is 0 Å². The highest BCUT2D eigenvalue weighted by molar-refractivity contribution is 7.90. The van der Waals surface area contributed by atoms with Gasteiger partial charge in [-0.3, -0.25) is 0 Å². The fraction of sp³-hybridized carbons (Fsp3) is 0.0769. The van der Waals surface area contributed by atoms with Gasteiger partial charge in [-0.1, -0.05) is 36.4 Å². The maximum absolute atomic E-state index is 13.0. The number of hydrogen-bond donors (Lipinski definition) is 0. The van der Waals surface area contributed by atoms with Gasteiger partial charge in [-0.2, -0.15) is 0 Å². The highest BCUT2D eigenvalue weighted by atomic mass is 32.2. The van der Waals surface area contributed by atoms with Crippen LogP contribution < -0.4 is 0 Å². The molecule has 2 nitrogen and oxygen atoms in total. The minimum absolute atomic E-state index is 0.0151. The Kier molecular flexibility index (Phi) is 3.24. The molecule has 4 heteroatoms. The minimum atomic E-state index is -3.48. The molecule has 2 aromatic carbocycles. The summed E-state index contributed by atoms with van der Waals surface area (Å²) < 4.78 is 36.9. The van der Waals surface area contributed by atoms with Crippen LogP contribution in [0.25, 0.3) is 0 Å². The quantitative estimate of drug-likeness (QED) is 0.839. The van der Waals surface area contributed by atoms with Crippen LogP contribution in [0.4, 0.5) is 4.39 Å². The lowest BCUT2D eigenvalue weighted by Gasteiger charge is -2.04. The molecule has 0 fully saturated rings. The molecule has 0 aliphatic rings. The Bertz CT molecular complexity index is 606. The molecule has 17 heavy (non-hydrogen) atoms. The van der Waals surface area contributed by atoms with Crippen LogP contribution in [0.5, 0.6) is 0 Å². The summed E-state index contributed by atoms with van der Waals surface area (Å²) >= 11 is 0. The summed E-state index contributed by atoms with van der Waals surface area (Å²) in [5, 5.41) is 0. The zero-order valence-electron chi connectivity index (χ0n) is 9.01. The Balaban J connectivity index is 2.32. The highest BCUT2D eigenvalue weighted by Crippen LogP contribution is 2.16. The van der Waals surface area contributed by atoms with E-state index in [1.54, 1.807) is 24.3 Å². The summed E-state index contributed by atoms with van der Waals surface area (Å²) in [5.74, 6) is -0.656. The molecule has 0 saturated heterocycles. The normalized spacial score (nSPS) is 11.4. The van der Waals surface area contributed by atoms with Crippen LogP contribution in [0, 0.1) is 5.82 Å². The van der Waals surface area contributed by atoms with Crippen molar-refractivity contribution >= 4 is 9.84 Å². The maximum Gasteiger partial charge on any atom is 0.182 e. The number of halogens is 1. The summed E-state index contributed by atoms with van der Waals surface area (Å²) in [4.78, 5) is 0.0151. The first-order chi connectivity index (χ1) is 8.08. The molecule has 2 aromatic rings. The van der Waals surface area contributed by atoms with Crippen LogP contribution in [-0.2, 0) is 15.6 Å². The van der Waals surface area contributed by atoms with E-state index >= 15 is 0 Å². The van der Waals surface area contributed by atoms with Gasteiger partial charge in [-0.15, -0.1) is 0 Å². The van der Waals surface area contributed by atoms with Crippen molar-refractivity contribution in [2.24, 2.45) is 0 Å². The Morgan fingerprint density at radius 3 is 2.29 bits per heavy atom. The summed E-state index contributed by atoms with van der Waals surface area (Å²) in [6, 6.07) is 13.9. The molecule has 0 atom stereocenters. The second-order valence-electron chi connectivity index (χ2n) is 3.70. The van der Waals surface area contributed by atoms with Crippen LogP contribution in [0.1, 0.15) is 5.56 Å². The Morgan fingerprint density at radius 1 is 0.941 bits per heavy atom.